The zero-order chi connectivity index (χ0) is 18.3. The molecule has 3 rings (SSSR count). The smallest absolute Gasteiger partial charge is 0.353 e. The fourth-order valence-corrected chi connectivity index (χ4v) is 5.49. The Balaban J connectivity index is 1.66. The fraction of sp³-hybridized carbons (Fsp3) is 0.750. The van der Waals surface area contributed by atoms with E-state index in [1.807, 2.05) is 0 Å². The Morgan fingerprint density at radius 1 is 1.48 bits per heavy atom. The van der Waals surface area contributed by atoms with Gasteiger partial charge in [0.2, 0.25) is 5.91 Å². The van der Waals surface area contributed by atoms with Crippen molar-refractivity contribution in [3.63, 3.8) is 0 Å². The number of aliphatic hydroxyl groups is 2. The van der Waals surface area contributed by atoms with Crippen molar-refractivity contribution < 1.29 is 24.9 Å². The van der Waals surface area contributed by atoms with E-state index in [1.54, 1.807) is 6.92 Å². The molecule has 0 aromatic carbocycles. The van der Waals surface area contributed by atoms with E-state index >= 15 is 0 Å². The molecule has 6 N–H and O–H groups in total. The van der Waals surface area contributed by atoms with Gasteiger partial charge in [0.1, 0.15) is 5.70 Å². The lowest BCUT2D eigenvalue weighted by Crippen LogP contribution is -2.61. The van der Waals surface area contributed by atoms with E-state index in [0.717, 1.165) is 13.0 Å². The van der Waals surface area contributed by atoms with Crippen LogP contribution in [0.5, 0.6) is 0 Å². The quantitative estimate of drug-likeness (QED) is 0.362. The van der Waals surface area contributed by atoms with Gasteiger partial charge in [-0.1, -0.05) is 0 Å². The van der Waals surface area contributed by atoms with Crippen LogP contribution in [0.15, 0.2) is 10.6 Å². The van der Waals surface area contributed by atoms with E-state index in [4.69, 9.17) is 5.73 Å². The number of carbonyl (C=O) groups is 2. The van der Waals surface area contributed by atoms with Gasteiger partial charge in [0.15, 0.2) is 0 Å². The molecule has 3 aliphatic heterocycles. The summed E-state index contributed by atoms with van der Waals surface area (Å²) >= 11 is 1.50. The highest BCUT2D eigenvalue weighted by Gasteiger charge is 2.57. The van der Waals surface area contributed by atoms with Crippen LogP contribution in [0.3, 0.4) is 0 Å². The molecular formula is C16H25N3O5S. The molecule has 8 nitrogen and oxygen atoms in total. The van der Waals surface area contributed by atoms with Crippen molar-refractivity contribution in [3.8, 4) is 0 Å². The van der Waals surface area contributed by atoms with E-state index in [-0.39, 0.29) is 35.5 Å². The van der Waals surface area contributed by atoms with Gasteiger partial charge in [-0.05, 0) is 19.8 Å². The number of thioether (sulfide) groups is 1. The molecule has 0 spiro atoms. The molecule has 2 fully saturated rings. The molecule has 3 aliphatic rings. The first kappa shape index (κ1) is 18.7. The van der Waals surface area contributed by atoms with Crippen LogP contribution < -0.4 is 11.1 Å². The number of carboxylic acid groups (broad SMARTS) is 1. The molecular weight excluding hydrogens is 346 g/mol. The van der Waals surface area contributed by atoms with Gasteiger partial charge in [-0.2, -0.15) is 0 Å². The summed E-state index contributed by atoms with van der Waals surface area (Å²) in [4.78, 5) is 25.9. The van der Waals surface area contributed by atoms with E-state index in [2.05, 4.69) is 5.32 Å². The van der Waals surface area contributed by atoms with Crippen LogP contribution in [0, 0.1) is 5.92 Å². The highest BCUT2D eigenvalue weighted by atomic mass is 32.2. The van der Waals surface area contributed by atoms with Gasteiger partial charge < -0.3 is 31.3 Å². The summed E-state index contributed by atoms with van der Waals surface area (Å²) in [5.74, 6) is -1.91. The number of nitrogens with zero attached hydrogens (tertiary/aromatic N) is 1. The Labute approximate surface area is 150 Å². The third-order valence-electron chi connectivity index (χ3n) is 5.21. The first-order chi connectivity index (χ1) is 11.8. The van der Waals surface area contributed by atoms with Gasteiger partial charge in [-0.25, -0.2) is 4.79 Å². The number of rotatable bonds is 7. The Kier molecular flexibility index (Phi) is 5.40. The molecule has 1 unspecified atom stereocenters. The van der Waals surface area contributed by atoms with Crippen molar-refractivity contribution in [3.05, 3.63) is 10.6 Å². The predicted octanol–water partition coefficient (Wildman–Crippen LogP) is -0.932. The van der Waals surface area contributed by atoms with Crippen molar-refractivity contribution in [2.75, 3.05) is 13.1 Å². The van der Waals surface area contributed by atoms with Crippen molar-refractivity contribution in [1.29, 1.82) is 0 Å². The predicted molar refractivity (Wildman–Crippen MR) is 92.5 cm³/mol. The zero-order valence-electron chi connectivity index (χ0n) is 14.1. The number of carbonyl (C=O) groups excluding carboxylic acids is 1. The molecule has 140 valence electrons. The molecule has 0 radical (unpaired) electrons. The number of amides is 1. The monoisotopic (exact) mass is 371 g/mol. The number of fused-ring (bicyclic) bond motifs is 1. The standard InChI is InChI=1S/C16H25N3O5S/c1-7(20)13-11-4-12(14(16(23)24)19(11)15(13)22)25-10-3-8(18-6-10)2-9(21)5-17/h7-11,13,18,20-21H,2-6,17H2,1H3,(H,23,24)/t7-,8-,9?,10+,11-,13-/m1/s1. The second-order valence-corrected chi connectivity index (χ2v) is 8.42. The number of hydrogen-bond acceptors (Lipinski definition) is 7. The van der Waals surface area contributed by atoms with Gasteiger partial charge >= 0.3 is 5.97 Å². The van der Waals surface area contributed by atoms with Crippen molar-refractivity contribution in [2.24, 2.45) is 11.7 Å². The van der Waals surface area contributed by atoms with E-state index in [1.165, 1.54) is 16.7 Å². The normalized spacial score (nSPS) is 34.1. The minimum Gasteiger partial charge on any atom is -0.477 e. The van der Waals surface area contributed by atoms with Crippen LogP contribution in [-0.2, 0) is 9.59 Å². The topological polar surface area (TPSA) is 136 Å². The first-order valence-electron chi connectivity index (χ1n) is 8.59. The molecule has 2 saturated heterocycles. The van der Waals surface area contributed by atoms with E-state index in [9.17, 15) is 24.9 Å². The number of β-lactam (4-membered cyclic amide) rings is 1. The summed E-state index contributed by atoms with van der Waals surface area (Å²) in [5.41, 5.74) is 5.51. The van der Waals surface area contributed by atoms with Crippen LogP contribution in [0.1, 0.15) is 26.2 Å². The van der Waals surface area contributed by atoms with E-state index in [0.29, 0.717) is 17.7 Å². The molecule has 9 heteroatoms. The SMILES string of the molecule is C[C@@H](O)[C@H]1C(=O)N2C(C(=O)O)=C(S[C@@H]3CN[C@H](CC(O)CN)C3)C[C@H]12. The third kappa shape index (κ3) is 3.43. The van der Waals surface area contributed by atoms with E-state index < -0.39 is 24.1 Å². The number of hydrogen-bond donors (Lipinski definition) is 5. The lowest BCUT2D eigenvalue weighted by atomic mass is 9.83. The van der Waals surface area contributed by atoms with Gasteiger partial charge in [0.05, 0.1) is 24.2 Å². The van der Waals surface area contributed by atoms with Gasteiger partial charge in [0.25, 0.3) is 0 Å². The highest BCUT2D eigenvalue weighted by Crippen LogP contribution is 2.48. The lowest BCUT2D eigenvalue weighted by molar-refractivity contribution is -0.161. The average Bonchev–Trinajstić information content (AvgIpc) is 3.09. The van der Waals surface area contributed by atoms with Crippen LogP contribution in [0.4, 0.5) is 0 Å². The largest absolute Gasteiger partial charge is 0.477 e. The van der Waals surface area contributed by atoms with Crippen LogP contribution in [0.2, 0.25) is 0 Å². The molecule has 0 aromatic rings. The van der Waals surface area contributed by atoms with Gasteiger partial charge in [0, 0.05) is 35.7 Å². The average molecular weight is 371 g/mol. The number of aliphatic carboxylic acids is 1. The summed E-state index contributed by atoms with van der Waals surface area (Å²) in [5, 5.41) is 32.5. The summed E-state index contributed by atoms with van der Waals surface area (Å²) in [6.07, 6.45) is 0.572. The zero-order valence-corrected chi connectivity index (χ0v) is 14.9. The summed E-state index contributed by atoms with van der Waals surface area (Å²) < 4.78 is 0. The number of nitrogens with one attached hydrogen (secondary N) is 1. The number of carboxylic acids is 1. The molecule has 0 bridgehead atoms. The maximum absolute atomic E-state index is 12.2. The minimum absolute atomic E-state index is 0.0716. The lowest BCUT2D eigenvalue weighted by Gasteiger charge is -2.44. The first-order valence-corrected chi connectivity index (χ1v) is 9.47. The molecule has 3 heterocycles. The Morgan fingerprint density at radius 2 is 2.20 bits per heavy atom. The van der Waals surface area contributed by atoms with Crippen molar-refractivity contribution in [1.82, 2.24) is 10.2 Å². The van der Waals surface area contributed by atoms with Crippen LogP contribution >= 0.6 is 11.8 Å². The Morgan fingerprint density at radius 3 is 2.80 bits per heavy atom. The second kappa shape index (κ2) is 7.24. The number of nitrogens with two attached hydrogens (primary N) is 1. The molecule has 0 aliphatic carbocycles. The van der Waals surface area contributed by atoms with Gasteiger partial charge in [-0.3, -0.25) is 4.79 Å². The molecule has 0 saturated carbocycles. The summed E-state index contributed by atoms with van der Waals surface area (Å²) in [6.45, 7) is 2.52. The number of aliphatic hydroxyl groups excluding tert-OH is 2. The van der Waals surface area contributed by atoms with Crippen LogP contribution in [0.25, 0.3) is 0 Å². The molecule has 6 atom stereocenters. The molecule has 1 amide bonds. The molecule has 0 aromatic heterocycles. The fourth-order valence-electron chi connectivity index (χ4n) is 4.01. The second-order valence-electron chi connectivity index (χ2n) is 7.03. The molecule has 25 heavy (non-hydrogen) atoms. The van der Waals surface area contributed by atoms with Gasteiger partial charge in [-0.15, -0.1) is 11.8 Å². The van der Waals surface area contributed by atoms with Crippen molar-refractivity contribution in [2.45, 2.75) is 55.7 Å². The summed E-state index contributed by atoms with van der Waals surface area (Å²) in [6, 6.07) is -0.0828. The maximum atomic E-state index is 12.2. The Hall–Kier alpha value is -1.13. The third-order valence-corrected chi connectivity index (χ3v) is 6.55. The Bertz CT molecular complexity index is 596. The minimum atomic E-state index is -1.09. The summed E-state index contributed by atoms with van der Waals surface area (Å²) in [7, 11) is 0. The van der Waals surface area contributed by atoms with Crippen LogP contribution in [-0.4, -0.2) is 74.7 Å². The maximum Gasteiger partial charge on any atom is 0.353 e. The van der Waals surface area contributed by atoms with Crippen molar-refractivity contribution >= 4 is 23.6 Å². The highest BCUT2D eigenvalue weighted by molar-refractivity contribution is 8.03.